The number of nitrogens with zero attached hydrogens (tertiary/aromatic N) is 2. The van der Waals surface area contributed by atoms with Crippen LogP contribution in [0.3, 0.4) is 0 Å². The second kappa shape index (κ2) is 6.52. The van der Waals surface area contributed by atoms with E-state index in [0.717, 1.165) is 11.4 Å². The maximum Gasteiger partial charge on any atom is 0.224 e. The van der Waals surface area contributed by atoms with Crippen molar-refractivity contribution in [2.45, 2.75) is 33.7 Å². The van der Waals surface area contributed by atoms with Crippen LogP contribution in [0, 0.1) is 26.6 Å². The molecule has 5 heteroatoms. The topological polar surface area (TPSA) is 46.9 Å². The molecule has 2 aromatic rings. The van der Waals surface area contributed by atoms with Crippen molar-refractivity contribution in [2.24, 2.45) is 0 Å². The smallest absolute Gasteiger partial charge is 0.224 e. The molecule has 1 amide bonds. The third kappa shape index (κ3) is 3.68. The zero-order valence-electron chi connectivity index (χ0n) is 12.6. The minimum Gasteiger partial charge on any atom is -0.354 e. The van der Waals surface area contributed by atoms with E-state index in [2.05, 4.69) is 10.4 Å². The summed E-state index contributed by atoms with van der Waals surface area (Å²) in [6.45, 7) is 7.11. The monoisotopic (exact) mass is 289 g/mol. The summed E-state index contributed by atoms with van der Waals surface area (Å²) in [4.78, 5) is 11.8. The molecule has 0 spiro atoms. The van der Waals surface area contributed by atoms with Gasteiger partial charge in [0.2, 0.25) is 5.91 Å². The van der Waals surface area contributed by atoms with Crippen LogP contribution in [-0.2, 0) is 17.8 Å². The number of benzene rings is 1. The maximum atomic E-state index is 13.4. The molecule has 1 N–H and O–H groups in total. The van der Waals surface area contributed by atoms with Crippen LogP contribution in [0.2, 0.25) is 0 Å². The van der Waals surface area contributed by atoms with Gasteiger partial charge in [-0.15, -0.1) is 0 Å². The Morgan fingerprint density at radius 3 is 2.62 bits per heavy atom. The highest BCUT2D eigenvalue weighted by Crippen LogP contribution is 2.10. The lowest BCUT2D eigenvalue weighted by Crippen LogP contribution is -2.29. The van der Waals surface area contributed by atoms with Gasteiger partial charge in [0.15, 0.2) is 0 Å². The van der Waals surface area contributed by atoms with Gasteiger partial charge >= 0.3 is 0 Å². The zero-order valence-corrected chi connectivity index (χ0v) is 12.6. The molecule has 1 aromatic carbocycles. The number of aromatic nitrogens is 2. The van der Waals surface area contributed by atoms with Gasteiger partial charge in [-0.2, -0.15) is 5.10 Å². The molecule has 0 unspecified atom stereocenters. The number of amides is 1. The minimum absolute atomic E-state index is 0.0584. The van der Waals surface area contributed by atoms with E-state index in [9.17, 15) is 9.18 Å². The van der Waals surface area contributed by atoms with Crippen LogP contribution >= 0.6 is 0 Å². The average molecular weight is 289 g/mol. The average Bonchev–Trinajstić information content (AvgIpc) is 2.69. The van der Waals surface area contributed by atoms with Gasteiger partial charge in [-0.1, -0.05) is 18.2 Å². The molecule has 4 nitrogen and oxygen atoms in total. The van der Waals surface area contributed by atoms with Gasteiger partial charge in [-0.25, -0.2) is 4.39 Å². The molecule has 1 aromatic heterocycles. The lowest BCUT2D eigenvalue weighted by Gasteiger charge is -2.07. The molecule has 0 radical (unpaired) electrons. The molecule has 0 bridgehead atoms. The highest BCUT2D eigenvalue weighted by Gasteiger charge is 2.09. The van der Waals surface area contributed by atoms with Gasteiger partial charge in [0.25, 0.3) is 0 Å². The third-order valence-electron chi connectivity index (χ3n) is 3.70. The third-order valence-corrected chi connectivity index (χ3v) is 3.70. The summed E-state index contributed by atoms with van der Waals surface area (Å²) in [6, 6.07) is 6.33. The van der Waals surface area contributed by atoms with E-state index in [1.807, 2.05) is 25.5 Å². The Balaban J connectivity index is 1.85. The highest BCUT2D eigenvalue weighted by atomic mass is 19.1. The second-order valence-electron chi connectivity index (χ2n) is 5.14. The van der Waals surface area contributed by atoms with Gasteiger partial charge in [0.1, 0.15) is 5.82 Å². The summed E-state index contributed by atoms with van der Waals surface area (Å²) in [6.07, 6.45) is 0.0584. The summed E-state index contributed by atoms with van der Waals surface area (Å²) in [5, 5.41) is 7.21. The van der Waals surface area contributed by atoms with Crippen molar-refractivity contribution in [3.05, 3.63) is 52.6 Å². The molecule has 0 saturated heterocycles. The Morgan fingerprint density at radius 1 is 1.29 bits per heavy atom. The summed E-state index contributed by atoms with van der Waals surface area (Å²) in [5.41, 5.74) is 3.70. The van der Waals surface area contributed by atoms with Crippen molar-refractivity contribution in [2.75, 3.05) is 6.54 Å². The molecular formula is C16H20FN3O. The number of carbonyl (C=O) groups excluding carboxylic acids is 1. The van der Waals surface area contributed by atoms with Crippen LogP contribution in [0.15, 0.2) is 24.3 Å². The number of aryl methyl sites for hydroxylation is 1. The Hall–Kier alpha value is -2.17. The van der Waals surface area contributed by atoms with E-state index in [0.29, 0.717) is 18.7 Å². The van der Waals surface area contributed by atoms with Crippen molar-refractivity contribution in [3.63, 3.8) is 0 Å². The van der Waals surface area contributed by atoms with Crippen molar-refractivity contribution >= 4 is 5.91 Å². The molecule has 0 fully saturated rings. The lowest BCUT2D eigenvalue weighted by atomic mass is 10.1. The number of hydrogen-bond acceptors (Lipinski definition) is 2. The molecule has 0 aliphatic heterocycles. The number of nitrogens with one attached hydrogen (secondary N) is 1. The minimum atomic E-state index is -0.346. The van der Waals surface area contributed by atoms with E-state index in [1.54, 1.807) is 18.2 Å². The summed E-state index contributed by atoms with van der Waals surface area (Å²) >= 11 is 0. The van der Waals surface area contributed by atoms with E-state index in [1.165, 1.54) is 11.6 Å². The summed E-state index contributed by atoms with van der Waals surface area (Å²) in [5.74, 6) is -0.528. The molecule has 21 heavy (non-hydrogen) atoms. The van der Waals surface area contributed by atoms with Gasteiger partial charge in [0.05, 0.1) is 18.7 Å². The van der Waals surface area contributed by atoms with Crippen molar-refractivity contribution in [1.29, 1.82) is 0 Å². The Bertz CT molecular complexity index is 649. The van der Waals surface area contributed by atoms with Crippen molar-refractivity contribution in [1.82, 2.24) is 15.1 Å². The molecular weight excluding hydrogens is 269 g/mol. The van der Waals surface area contributed by atoms with Crippen LogP contribution in [0.1, 0.15) is 22.5 Å². The quantitative estimate of drug-likeness (QED) is 0.918. The molecule has 0 saturated carbocycles. The first-order chi connectivity index (χ1) is 9.99. The van der Waals surface area contributed by atoms with Crippen LogP contribution in [-0.4, -0.2) is 22.2 Å². The maximum absolute atomic E-state index is 13.4. The lowest BCUT2D eigenvalue weighted by molar-refractivity contribution is -0.120. The fraction of sp³-hybridized carbons (Fsp3) is 0.375. The van der Waals surface area contributed by atoms with Gasteiger partial charge in [-0.05, 0) is 38.0 Å². The van der Waals surface area contributed by atoms with E-state index < -0.39 is 0 Å². The number of halogens is 1. The van der Waals surface area contributed by atoms with Crippen LogP contribution < -0.4 is 5.32 Å². The number of hydrogen-bond donors (Lipinski definition) is 1. The standard InChI is InChI=1S/C16H20FN3O/c1-11-12(2)19-20(13(11)3)9-8-18-16(21)10-14-6-4-5-7-15(14)17/h4-7H,8-10H2,1-3H3,(H,18,21). The molecule has 0 aliphatic rings. The first kappa shape index (κ1) is 15.2. The SMILES string of the molecule is Cc1nn(CCNC(=O)Cc2ccccc2F)c(C)c1C. The number of rotatable bonds is 5. The van der Waals surface area contributed by atoms with Gasteiger partial charge in [0, 0.05) is 12.2 Å². The predicted octanol–water partition coefficient (Wildman–Crippen LogP) is 2.31. The molecule has 112 valence electrons. The molecule has 2 rings (SSSR count). The summed E-state index contributed by atoms with van der Waals surface area (Å²) < 4.78 is 15.3. The Kier molecular flexibility index (Phi) is 4.73. The normalized spacial score (nSPS) is 10.7. The molecule has 0 atom stereocenters. The largest absolute Gasteiger partial charge is 0.354 e. The fourth-order valence-electron chi connectivity index (χ4n) is 2.18. The van der Waals surface area contributed by atoms with Crippen LogP contribution in [0.4, 0.5) is 4.39 Å². The highest BCUT2D eigenvalue weighted by molar-refractivity contribution is 5.78. The van der Waals surface area contributed by atoms with E-state index in [-0.39, 0.29) is 18.1 Å². The number of carbonyl (C=O) groups is 1. The Morgan fingerprint density at radius 2 is 2.00 bits per heavy atom. The van der Waals surface area contributed by atoms with Gasteiger partial charge in [-0.3, -0.25) is 9.48 Å². The first-order valence-electron chi connectivity index (χ1n) is 6.99. The summed E-state index contributed by atoms with van der Waals surface area (Å²) in [7, 11) is 0. The second-order valence-corrected chi connectivity index (χ2v) is 5.14. The van der Waals surface area contributed by atoms with Gasteiger partial charge < -0.3 is 5.32 Å². The Labute approximate surface area is 124 Å². The first-order valence-corrected chi connectivity index (χ1v) is 6.99. The van der Waals surface area contributed by atoms with Crippen molar-refractivity contribution < 1.29 is 9.18 Å². The van der Waals surface area contributed by atoms with Crippen LogP contribution in [0.25, 0.3) is 0 Å². The molecule has 1 heterocycles. The predicted molar refractivity (Wildman–Crippen MR) is 79.6 cm³/mol. The van der Waals surface area contributed by atoms with Crippen molar-refractivity contribution in [3.8, 4) is 0 Å². The fourth-order valence-corrected chi connectivity index (χ4v) is 2.18. The van der Waals surface area contributed by atoms with E-state index in [4.69, 9.17) is 0 Å². The zero-order chi connectivity index (χ0) is 15.4. The van der Waals surface area contributed by atoms with E-state index >= 15 is 0 Å². The molecule has 0 aliphatic carbocycles. The van der Waals surface area contributed by atoms with Crippen LogP contribution in [0.5, 0.6) is 0 Å².